The Labute approximate surface area is 135 Å². The van der Waals surface area contributed by atoms with Gasteiger partial charge < -0.3 is 10.3 Å². The highest BCUT2D eigenvalue weighted by Gasteiger charge is 2.14. The van der Waals surface area contributed by atoms with Crippen molar-refractivity contribution in [2.24, 2.45) is 0 Å². The predicted octanol–water partition coefficient (Wildman–Crippen LogP) is 4.71. The molecule has 1 aromatic heterocycles. The average Bonchev–Trinajstić information content (AvgIpc) is 2.91. The number of nitrogens with two attached hydrogens (primary N) is 1. The molecule has 3 aromatic rings. The Morgan fingerprint density at radius 3 is 2.71 bits per heavy atom. The molecule has 2 N–H and O–H groups in total. The second-order valence-electron chi connectivity index (χ2n) is 4.61. The number of aryl methyl sites for hydroxylation is 1. The van der Waals surface area contributed by atoms with E-state index in [-0.39, 0.29) is 0 Å². The summed E-state index contributed by atoms with van der Waals surface area (Å²) < 4.78 is 6.32. The molecular weight excluding hydrogens is 354 g/mol. The first kappa shape index (κ1) is 14.1. The van der Waals surface area contributed by atoms with Gasteiger partial charge in [-0.05, 0) is 48.9 Å². The number of halogens is 2. The molecule has 0 fully saturated rings. The molecule has 0 amide bonds. The van der Waals surface area contributed by atoms with Gasteiger partial charge in [-0.15, -0.1) is 0 Å². The number of nitrogen functional groups attached to an aromatic ring is 1. The first-order chi connectivity index (χ1) is 10.0. The molecule has 0 saturated carbocycles. The lowest BCUT2D eigenvalue weighted by Crippen LogP contribution is -1.90. The number of rotatable bonds is 2. The summed E-state index contributed by atoms with van der Waals surface area (Å²) in [6.07, 6.45) is 0. The summed E-state index contributed by atoms with van der Waals surface area (Å²) in [7, 11) is 0. The second-order valence-corrected chi connectivity index (χ2v) is 5.97. The van der Waals surface area contributed by atoms with Crippen molar-refractivity contribution in [1.82, 2.24) is 10.1 Å². The van der Waals surface area contributed by atoms with Gasteiger partial charge in [-0.1, -0.05) is 32.7 Å². The molecule has 0 spiro atoms. The predicted molar refractivity (Wildman–Crippen MR) is 87.0 cm³/mol. The zero-order chi connectivity index (χ0) is 15.0. The van der Waals surface area contributed by atoms with Crippen molar-refractivity contribution in [3.8, 4) is 22.8 Å². The van der Waals surface area contributed by atoms with Crippen molar-refractivity contribution >= 4 is 33.2 Å². The van der Waals surface area contributed by atoms with Crippen LogP contribution in [0, 0.1) is 6.92 Å². The summed E-state index contributed by atoms with van der Waals surface area (Å²) in [5, 5.41) is 4.59. The first-order valence-corrected chi connectivity index (χ1v) is 7.37. The van der Waals surface area contributed by atoms with Gasteiger partial charge in [0.1, 0.15) is 0 Å². The summed E-state index contributed by atoms with van der Waals surface area (Å²) in [5.41, 5.74) is 9.07. The molecule has 2 aromatic carbocycles. The average molecular weight is 365 g/mol. The molecule has 0 aliphatic carbocycles. The molecule has 0 saturated heterocycles. The van der Waals surface area contributed by atoms with Gasteiger partial charge >= 0.3 is 0 Å². The van der Waals surface area contributed by atoms with Crippen LogP contribution in [0.25, 0.3) is 22.8 Å². The van der Waals surface area contributed by atoms with E-state index in [9.17, 15) is 0 Å². The fourth-order valence-electron chi connectivity index (χ4n) is 2.03. The van der Waals surface area contributed by atoms with Crippen LogP contribution in [0.2, 0.25) is 5.02 Å². The lowest BCUT2D eigenvalue weighted by molar-refractivity contribution is 0.432. The summed E-state index contributed by atoms with van der Waals surface area (Å²) in [4.78, 5) is 4.41. The van der Waals surface area contributed by atoms with E-state index < -0.39 is 0 Å². The van der Waals surface area contributed by atoms with E-state index in [4.69, 9.17) is 21.9 Å². The number of aromatic nitrogens is 2. The molecule has 0 bridgehead atoms. The van der Waals surface area contributed by atoms with Crippen molar-refractivity contribution in [3.63, 3.8) is 0 Å². The van der Waals surface area contributed by atoms with Crippen LogP contribution < -0.4 is 5.73 Å². The number of nitrogens with zero attached hydrogens (tertiary/aromatic N) is 2. The lowest BCUT2D eigenvalue weighted by atomic mass is 10.1. The molecule has 0 unspecified atom stereocenters. The third kappa shape index (κ3) is 2.80. The summed E-state index contributed by atoms with van der Waals surface area (Å²) in [6.45, 7) is 1.99. The maximum Gasteiger partial charge on any atom is 0.260 e. The van der Waals surface area contributed by atoms with Crippen molar-refractivity contribution in [1.29, 1.82) is 0 Å². The van der Waals surface area contributed by atoms with Gasteiger partial charge in [-0.25, -0.2) is 0 Å². The van der Waals surface area contributed by atoms with Gasteiger partial charge in [-0.2, -0.15) is 4.98 Å². The van der Waals surface area contributed by atoms with Gasteiger partial charge in [0, 0.05) is 20.7 Å². The third-order valence-electron chi connectivity index (χ3n) is 3.10. The molecule has 1 heterocycles. The van der Waals surface area contributed by atoms with Crippen LogP contribution in [-0.2, 0) is 0 Å². The van der Waals surface area contributed by atoms with Crippen LogP contribution in [-0.4, -0.2) is 10.1 Å². The summed E-state index contributed by atoms with van der Waals surface area (Å²) in [5.74, 6) is 0.877. The number of benzene rings is 2. The first-order valence-electron chi connectivity index (χ1n) is 6.20. The Morgan fingerprint density at radius 2 is 1.95 bits per heavy atom. The molecule has 3 rings (SSSR count). The maximum absolute atomic E-state index is 5.98. The van der Waals surface area contributed by atoms with E-state index in [2.05, 4.69) is 26.1 Å². The lowest BCUT2D eigenvalue weighted by Gasteiger charge is -2.01. The monoisotopic (exact) mass is 363 g/mol. The molecule has 6 heteroatoms. The minimum absolute atomic E-state index is 0.354. The highest BCUT2D eigenvalue weighted by Crippen LogP contribution is 2.30. The SMILES string of the molecule is Cc1cc(Br)ccc1-c1noc(-c2cc(Cl)ccc2N)n1. The molecule has 21 heavy (non-hydrogen) atoms. The van der Waals surface area contributed by atoms with Crippen molar-refractivity contribution in [2.45, 2.75) is 6.92 Å². The minimum Gasteiger partial charge on any atom is -0.398 e. The molecule has 0 aliphatic heterocycles. The minimum atomic E-state index is 0.354. The normalized spacial score (nSPS) is 10.8. The summed E-state index contributed by atoms with van der Waals surface area (Å²) in [6, 6.07) is 11.0. The number of hydrogen-bond donors (Lipinski definition) is 1. The van der Waals surface area contributed by atoms with Crippen LogP contribution in [0.1, 0.15) is 5.56 Å². The van der Waals surface area contributed by atoms with Crippen LogP contribution in [0.4, 0.5) is 5.69 Å². The second kappa shape index (κ2) is 5.50. The van der Waals surface area contributed by atoms with Gasteiger partial charge in [0.05, 0.1) is 5.56 Å². The standard InChI is InChI=1S/C15H11BrClN3O/c1-8-6-9(16)2-4-11(8)14-19-15(21-20-14)12-7-10(17)3-5-13(12)18/h2-7H,18H2,1H3. The molecule has 0 radical (unpaired) electrons. The zero-order valence-corrected chi connectivity index (χ0v) is 13.4. The van der Waals surface area contributed by atoms with Crippen LogP contribution in [0.3, 0.4) is 0 Å². The van der Waals surface area contributed by atoms with Gasteiger partial charge in [-0.3, -0.25) is 0 Å². The van der Waals surface area contributed by atoms with Crippen LogP contribution in [0.5, 0.6) is 0 Å². The zero-order valence-electron chi connectivity index (χ0n) is 11.1. The van der Waals surface area contributed by atoms with Gasteiger partial charge in [0.25, 0.3) is 5.89 Å². The molecule has 106 valence electrons. The van der Waals surface area contributed by atoms with Gasteiger partial charge in [0.15, 0.2) is 0 Å². The fourth-order valence-corrected chi connectivity index (χ4v) is 2.68. The Kier molecular flexibility index (Phi) is 3.69. The van der Waals surface area contributed by atoms with Gasteiger partial charge in [0.2, 0.25) is 5.82 Å². The van der Waals surface area contributed by atoms with E-state index in [1.54, 1.807) is 18.2 Å². The molecule has 0 aliphatic rings. The summed E-state index contributed by atoms with van der Waals surface area (Å²) >= 11 is 9.42. The van der Waals surface area contributed by atoms with Crippen molar-refractivity contribution in [2.75, 3.05) is 5.73 Å². The number of anilines is 1. The largest absolute Gasteiger partial charge is 0.398 e. The fraction of sp³-hybridized carbons (Fsp3) is 0.0667. The van der Waals surface area contributed by atoms with Crippen molar-refractivity contribution < 1.29 is 4.52 Å². The quantitative estimate of drug-likeness (QED) is 0.669. The van der Waals surface area contributed by atoms with E-state index in [0.29, 0.717) is 28.0 Å². The highest BCUT2D eigenvalue weighted by atomic mass is 79.9. The van der Waals surface area contributed by atoms with E-state index in [0.717, 1.165) is 15.6 Å². The highest BCUT2D eigenvalue weighted by molar-refractivity contribution is 9.10. The molecule has 4 nitrogen and oxygen atoms in total. The van der Waals surface area contributed by atoms with Crippen LogP contribution >= 0.6 is 27.5 Å². The maximum atomic E-state index is 5.98. The topological polar surface area (TPSA) is 64.9 Å². The molecule has 0 atom stereocenters. The number of hydrogen-bond acceptors (Lipinski definition) is 4. The Morgan fingerprint density at radius 1 is 1.14 bits per heavy atom. The van der Waals surface area contributed by atoms with E-state index >= 15 is 0 Å². The van der Waals surface area contributed by atoms with Crippen LogP contribution in [0.15, 0.2) is 45.4 Å². The Bertz CT molecular complexity index is 816. The Balaban J connectivity index is 2.06. The molecular formula is C15H11BrClN3O. The Hall–Kier alpha value is -1.85. The third-order valence-corrected chi connectivity index (χ3v) is 3.83. The smallest absolute Gasteiger partial charge is 0.260 e. The van der Waals surface area contributed by atoms with E-state index in [1.807, 2.05) is 25.1 Å². The van der Waals surface area contributed by atoms with E-state index in [1.165, 1.54) is 0 Å². The van der Waals surface area contributed by atoms with Crippen molar-refractivity contribution in [3.05, 3.63) is 51.5 Å².